The molecule has 1 saturated heterocycles. The summed E-state index contributed by atoms with van der Waals surface area (Å²) in [6.07, 6.45) is 4.21. The first-order valence-corrected chi connectivity index (χ1v) is 9.25. The second kappa shape index (κ2) is 8.31. The Morgan fingerprint density at radius 3 is 3.04 bits per heavy atom. The topological polar surface area (TPSA) is 83.3 Å². The van der Waals surface area contributed by atoms with E-state index < -0.39 is 0 Å². The molecule has 1 aliphatic rings. The van der Waals surface area contributed by atoms with Crippen molar-refractivity contribution in [2.75, 3.05) is 25.0 Å². The molecule has 1 amide bonds. The van der Waals surface area contributed by atoms with Gasteiger partial charge in [0.15, 0.2) is 0 Å². The summed E-state index contributed by atoms with van der Waals surface area (Å²) >= 11 is 0. The van der Waals surface area contributed by atoms with Crippen LogP contribution in [0.15, 0.2) is 29.0 Å². The molecule has 7 heteroatoms. The van der Waals surface area contributed by atoms with Gasteiger partial charge < -0.3 is 20.0 Å². The van der Waals surface area contributed by atoms with Crippen LogP contribution in [0.5, 0.6) is 0 Å². The zero-order valence-corrected chi connectivity index (χ0v) is 15.7. The summed E-state index contributed by atoms with van der Waals surface area (Å²) < 4.78 is 5.37. The number of rotatable bonds is 6. The van der Waals surface area contributed by atoms with Crippen LogP contribution in [0.25, 0.3) is 0 Å². The van der Waals surface area contributed by atoms with Crippen LogP contribution in [0.2, 0.25) is 0 Å². The Labute approximate surface area is 154 Å². The van der Waals surface area contributed by atoms with Crippen LogP contribution in [0.3, 0.4) is 0 Å². The van der Waals surface area contributed by atoms with Gasteiger partial charge in [-0.05, 0) is 18.6 Å². The summed E-state index contributed by atoms with van der Waals surface area (Å²) in [5, 5.41) is 6.61. The molecule has 140 valence electrons. The number of hydrogen-bond acceptors (Lipinski definition) is 6. The summed E-state index contributed by atoms with van der Waals surface area (Å²) in [6, 6.07) is 3.93. The predicted octanol–water partition coefficient (Wildman–Crippen LogP) is 2.63. The van der Waals surface area contributed by atoms with Gasteiger partial charge in [-0.3, -0.25) is 4.79 Å². The number of nitrogens with one attached hydrogen (secondary N) is 2. The molecule has 0 radical (unpaired) electrons. The van der Waals surface area contributed by atoms with E-state index in [1.54, 1.807) is 12.5 Å². The van der Waals surface area contributed by atoms with E-state index >= 15 is 0 Å². The molecule has 26 heavy (non-hydrogen) atoms. The average Bonchev–Trinajstić information content (AvgIpc) is 3.19. The fourth-order valence-electron chi connectivity index (χ4n) is 3.10. The minimum absolute atomic E-state index is 0.0180. The number of hydrogen-bond donors (Lipinski definition) is 2. The molecule has 2 aromatic heterocycles. The van der Waals surface area contributed by atoms with Gasteiger partial charge in [-0.2, -0.15) is 0 Å². The van der Waals surface area contributed by atoms with E-state index in [-0.39, 0.29) is 17.9 Å². The van der Waals surface area contributed by atoms with Gasteiger partial charge in [-0.15, -0.1) is 0 Å². The maximum Gasteiger partial charge on any atom is 0.259 e. The third-order valence-electron chi connectivity index (χ3n) is 4.65. The third kappa shape index (κ3) is 4.04. The van der Waals surface area contributed by atoms with E-state index in [0.29, 0.717) is 24.5 Å². The van der Waals surface area contributed by atoms with Crippen molar-refractivity contribution in [3.8, 4) is 0 Å². The second-order valence-corrected chi connectivity index (χ2v) is 6.84. The Hall–Kier alpha value is -2.41. The first-order valence-electron chi connectivity index (χ1n) is 9.25. The Bertz CT molecular complexity index is 730. The molecular weight excluding hydrogens is 330 g/mol. The Kier molecular flexibility index (Phi) is 5.88. The smallest absolute Gasteiger partial charge is 0.259 e. The van der Waals surface area contributed by atoms with E-state index in [2.05, 4.69) is 27.5 Å². The number of nitrogens with zero attached hydrogens (tertiary/aromatic N) is 3. The molecule has 2 N–H and O–H groups in total. The standard InChI is InChI=1S/C19H27N5O2/c1-4-14-10-20-7-8-24(14)19(25)16-12-22-17(13(2)3)23-18(16)21-11-15-6-5-9-26-15/h5-6,9,12-14,20H,4,7-8,10-11H2,1-3H3,(H,21,22,23). The highest BCUT2D eigenvalue weighted by Crippen LogP contribution is 2.21. The summed E-state index contributed by atoms with van der Waals surface area (Å²) in [7, 11) is 0. The normalized spacial score (nSPS) is 17.5. The zero-order valence-electron chi connectivity index (χ0n) is 15.7. The van der Waals surface area contributed by atoms with Gasteiger partial charge in [-0.25, -0.2) is 9.97 Å². The molecule has 0 aromatic carbocycles. The molecule has 1 aliphatic heterocycles. The maximum absolute atomic E-state index is 13.2. The summed E-state index contributed by atoms with van der Waals surface area (Å²) in [4.78, 5) is 24.1. The Balaban J connectivity index is 1.87. The van der Waals surface area contributed by atoms with Crippen LogP contribution >= 0.6 is 0 Å². The highest BCUT2D eigenvalue weighted by atomic mass is 16.3. The van der Waals surface area contributed by atoms with Crippen LogP contribution in [-0.2, 0) is 6.54 Å². The van der Waals surface area contributed by atoms with Crippen molar-refractivity contribution in [3.05, 3.63) is 41.7 Å². The van der Waals surface area contributed by atoms with E-state index in [1.807, 2.05) is 30.9 Å². The summed E-state index contributed by atoms with van der Waals surface area (Å²) in [6.45, 7) is 8.98. The number of piperazine rings is 1. The third-order valence-corrected chi connectivity index (χ3v) is 4.65. The highest BCUT2D eigenvalue weighted by molar-refractivity contribution is 5.98. The molecule has 0 saturated carbocycles. The molecule has 3 heterocycles. The van der Waals surface area contributed by atoms with E-state index in [0.717, 1.165) is 31.1 Å². The van der Waals surface area contributed by atoms with Gasteiger partial charge in [-0.1, -0.05) is 20.8 Å². The lowest BCUT2D eigenvalue weighted by Gasteiger charge is -2.36. The van der Waals surface area contributed by atoms with Crippen molar-refractivity contribution in [3.63, 3.8) is 0 Å². The molecule has 1 atom stereocenters. The number of carbonyl (C=O) groups excluding carboxylic acids is 1. The zero-order chi connectivity index (χ0) is 18.5. The minimum Gasteiger partial charge on any atom is -0.467 e. The van der Waals surface area contributed by atoms with Crippen LogP contribution in [0.1, 0.15) is 55.1 Å². The van der Waals surface area contributed by atoms with E-state index in [4.69, 9.17) is 4.42 Å². The first kappa shape index (κ1) is 18.4. The number of anilines is 1. The predicted molar refractivity (Wildman–Crippen MR) is 100 cm³/mol. The summed E-state index contributed by atoms with van der Waals surface area (Å²) in [5.41, 5.74) is 0.515. The number of furan rings is 1. The van der Waals surface area contributed by atoms with Crippen LogP contribution < -0.4 is 10.6 Å². The van der Waals surface area contributed by atoms with Crippen molar-refractivity contribution in [2.45, 2.75) is 45.7 Å². The molecule has 2 aromatic rings. The SMILES string of the molecule is CCC1CNCCN1C(=O)c1cnc(C(C)C)nc1NCc1ccco1. The van der Waals surface area contributed by atoms with E-state index in [1.165, 1.54) is 0 Å². The Morgan fingerprint density at radius 2 is 2.35 bits per heavy atom. The molecule has 7 nitrogen and oxygen atoms in total. The molecule has 1 fully saturated rings. The fraction of sp³-hybridized carbons (Fsp3) is 0.526. The van der Waals surface area contributed by atoms with E-state index in [9.17, 15) is 4.79 Å². The van der Waals surface area contributed by atoms with Crippen LogP contribution in [0, 0.1) is 0 Å². The number of aromatic nitrogens is 2. The van der Waals surface area contributed by atoms with Gasteiger partial charge in [0, 0.05) is 37.8 Å². The van der Waals surface area contributed by atoms with Crippen molar-refractivity contribution < 1.29 is 9.21 Å². The molecule has 0 bridgehead atoms. The number of amides is 1. The highest BCUT2D eigenvalue weighted by Gasteiger charge is 2.28. The molecular formula is C19H27N5O2. The van der Waals surface area contributed by atoms with Gasteiger partial charge in [0.2, 0.25) is 0 Å². The summed E-state index contributed by atoms with van der Waals surface area (Å²) in [5.74, 6) is 2.25. The lowest BCUT2D eigenvalue weighted by Crippen LogP contribution is -2.53. The first-order chi connectivity index (χ1) is 12.6. The van der Waals surface area contributed by atoms with Crippen molar-refractivity contribution >= 4 is 11.7 Å². The largest absolute Gasteiger partial charge is 0.467 e. The van der Waals surface area contributed by atoms with Gasteiger partial charge in [0.1, 0.15) is 23.0 Å². The van der Waals surface area contributed by atoms with Crippen molar-refractivity contribution in [1.29, 1.82) is 0 Å². The fourth-order valence-corrected chi connectivity index (χ4v) is 3.10. The second-order valence-electron chi connectivity index (χ2n) is 6.84. The van der Waals surface area contributed by atoms with Gasteiger partial charge in [0.05, 0.1) is 12.8 Å². The Morgan fingerprint density at radius 1 is 1.50 bits per heavy atom. The quantitative estimate of drug-likeness (QED) is 0.827. The molecule has 0 spiro atoms. The lowest BCUT2D eigenvalue weighted by molar-refractivity contribution is 0.0631. The average molecular weight is 357 g/mol. The van der Waals surface area contributed by atoms with Gasteiger partial charge >= 0.3 is 0 Å². The molecule has 1 unspecified atom stereocenters. The van der Waals surface area contributed by atoms with Gasteiger partial charge in [0.25, 0.3) is 5.91 Å². The molecule has 3 rings (SSSR count). The minimum atomic E-state index is -0.0180. The van der Waals surface area contributed by atoms with Crippen molar-refractivity contribution in [2.24, 2.45) is 0 Å². The maximum atomic E-state index is 13.2. The lowest BCUT2D eigenvalue weighted by atomic mass is 10.1. The number of carbonyl (C=O) groups is 1. The monoisotopic (exact) mass is 357 g/mol. The van der Waals surface area contributed by atoms with Crippen molar-refractivity contribution in [1.82, 2.24) is 20.2 Å². The van der Waals surface area contributed by atoms with Crippen LogP contribution in [0.4, 0.5) is 5.82 Å². The van der Waals surface area contributed by atoms with Crippen LogP contribution in [-0.4, -0.2) is 46.5 Å². The molecule has 0 aliphatic carbocycles.